The number of pyridine rings is 1. The average Bonchev–Trinajstić information content (AvgIpc) is 2.95. The highest BCUT2D eigenvalue weighted by atomic mass is 35.5. The van der Waals surface area contributed by atoms with E-state index in [1.54, 1.807) is 12.1 Å². The summed E-state index contributed by atoms with van der Waals surface area (Å²) >= 11 is 0. The number of nitrogens with two attached hydrogens (primary N) is 1. The van der Waals surface area contributed by atoms with Gasteiger partial charge < -0.3 is 15.4 Å². The number of hydrogen-bond acceptors (Lipinski definition) is 6. The van der Waals surface area contributed by atoms with Crippen LogP contribution in [-0.2, 0) is 6.54 Å². The van der Waals surface area contributed by atoms with Crippen molar-refractivity contribution < 1.29 is 14.8 Å². The van der Waals surface area contributed by atoms with Crippen LogP contribution in [0.1, 0.15) is 22.3 Å². The minimum atomic E-state index is -0.585. The van der Waals surface area contributed by atoms with E-state index >= 15 is 0 Å². The Morgan fingerprint density at radius 3 is 2.54 bits per heavy atom. The van der Waals surface area contributed by atoms with Gasteiger partial charge in [-0.25, -0.2) is 0 Å². The second kappa shape index (κ2) is 7.06. The molecule has 0 unspecified atom stereocenters. The number of nitro benzene ring substituents is 1. The molecule has 3 N–H and O–H groups in total. The second-order valence-corrected chi connectivity index (χ2v) is 6.34. The van der Waals surface area contributed by atoms with Crippen LogP contribution in [0, 0.1) is 10.1 Å². The number of rotatable bonds is 4. The maximum absolute atomic E-state index is 13.1. The molecular formula is C19H16ClN3O5. The van der Waals surface area contributed by atoms with Gasteiger partial charge in [-0.1, -0.05) is 12.1 Å². The van der Waals surface area contributed by atoms with Gasteiger partial charge in [0.15, 0.2) is 5.78 Å². The quantitative estimate of drug-likeness (QED) is 0.399. The smallest absolute Gasteiger partial charge is 0.270 e. The topological polar surface area (TPSA) is 128 Å². The minimum Gasteiger partial charge on any atom is -0.507 e. The van der Waals surface area contributed by atoms with Crippen molar-refractivity contribution in [3.05, 3.63) is 68.0 Å². The van der Waals surface area contributed by atoms with E-state index in [2.05, 4.69) is 0 Å². The molecule has 144 valence electrons. The standard InChI is InChI=1S/C19H15N3O5.ClH/c20-7-2-8-21-17-15-12(3-1-4-14(15)23)18(24)16(17)11-6-5-10(22(26)27)9-13(11)19(21)25;/h1,3-6,9,23H,2,7-8,20H2;1H. The summed E-state index contributed by atoms with van der Waals surface area (Å²) in [6.45, 7) is 0.563. The molecule has 1 aliphatic carbocycles. The van der Waals surface area contributed by atoms with E-state index in [1.165, 1.54) is 28.8 Å². The number of phenolic OH excluding ortho intramolecular Hbond substituents is 1. The van der Waals surface area contributed by atoms with Crippen molar-refractivity contribution >= 4 is 34.7 Å². The van der Waals surface area contributed by atoms with Gasteiger partial charge in [0.25, 0.3) is 11.2 Å². The van der Waals surface area contributed by atoms with Crippen molar-refractivity contribution in [2.45, 2.75) is 13.0 Å². The number of aromatic hydroxyl groups is 1. The van der Waals surface area contributed by atoms with Crippen LogP contribution in [0.2, 0.25) is 0 Å². The zero-order valence-corrected chi connectivity index (χ0v) is 15.4. The average molecular weight is 402 g/mol. The number of aromatic nitrogens is 1. The molecule has 8 nitrogen and oxygen atoms in total. The molecule has 0 radical (unpaired) electrons. The monoisotopic (exact) mass is 401 g/mol. The Morgan fingerprint density at radius 1 is 1.11 bits per heavy atom. The summed E-state index contributed by atoms with van der Waals surface area (Å²) in [5, 5.41) is 21.9. The van der Waals surface area contributed by atoms with Gasteiger partial charge in [0.2, 0.25) is 0 Å². The van der Waals surface area contributed by atoms with E-state index in [4.69, 9.17) is 5.73 Å². The first-order valence-electron chi connectivity index (χ1n) is 8.37. The molecule has 0 amide bonds. The van der Waals surface area contributed by atoms with Crippen LogP contribution in [0.3, 0.4) is 0 Å². The van der Waals surface area contributed by atoms with Crippen molar-refractivity contribution in [2.75, 3.05) is 6.54 Å². The largest absolute Gasteiger partial charge is 0.507 e. The number of nitro groups is 1. The van der Waals surface area contributed by atoms with Crippen molar-refractivity contribution in [1.82, 2.24) is 4.57 Å². The Morgan fingerprint density at radius 2 is 1.86 bits per heavy atom. The SMILES string of the molecule is Cl.NCCCn1c2c(c3ccc([N+](=O)[O-])cc3c1=O)C(=O)c1cccc(O)c1-2. The van der Waals surface area contributed by atoms with E-state index < -0.39 is 10.5 Å². The summed E-state index contributed by atoms with van der Waals surface area (Å²) in [6.07, 6.45) is 0.476. The third-order valence-electron chi connectivity index (χ3n) is 4.80. The van der Waals surface area contributed by atoms with E-state index in [9.17, 15) is 24.8 Å². The second-order valence-electron chi connectivity index (χ2n) is 6.34. The van der Waals surface area contributed by atoms with Crippen LogP contribution in [0.4, 0.5) is 5.69 Å². The molecule has 1 heterocycles. The lowest BCUT2D eigenvalue weighted by molar-refractivity contribution is -0.384. The number of carbonyl (C=O) groups is 1. The molecule has 2 aromatic carbocycles. The number of hydrogen-bond donors (Lipinski definition) is 2. The maximum atomic E-state index is 13.1. The lowest BCUT2D eigenvalue weighted by Crippen LogP contribution is -2.24. The van der Waals surface area contributed by atoms with Crippen LogP contribution in [0.25, 0.3) is 22.0 Å². The molecule has 4 rings (SSSR count). The molecule has 1 aliphatic rings. The number of non-ortho nitro benzene ring substituents is 1. The molecule has 0 aliphatic heterocycles. The number of phenols is 1. The molecular weight excluding hydrogens is 386 g/mol. The maximum Gasteiger partial charge on any atom is 0.270 e. The Labute approximate surface area is 164 Å². The highest BCUT2D eigenvalue weighted by molar-refractivity contribution is 6.27. The third-order valence-corrected chi connectivity index (χ3v) is 4.80. The molecule has 0 fully saturated rings. The molecule has 9 heteroatoms. The fraction of sp³-hybridized carbons (Fsp3) is 0.158. The first-order chi connectivity index (χ1) is 13.0. The molecule has 0 saturated carbocycles. The molecule has 28 heavy (non-hydrogen) atoms. The fourth-order valence-corrected chi connectivity index (χ4v) is 3.62. The summed E-state index contributed by atoms with van der Waals surface area (Å²) in [7, 11) is 0. The summed E-state index contributed by atoms with van der Waals surface area (Å²) < 4.78 is 1.39. The lowest BCUT2D eigenvalue weighted by Gasteiger charge is -2.15. The Balaban J connectivity index is 0.00000225. The normalized spacial score (nSPS) is 11.8. The molecule has 1 aromatic heterocycles. The van der Waals surface area contributed by atoms with Gasteiger partial charge in [0.1, 0.15) is 5.75 Å². The third kappa shape index (κ3) is 2.65. The van der Waals surface area contributed by atoms with E-state index in [0.29, 0.717) is 35.2 Å². The van der Waals surface area contributed by atoms with Crippen LogP contribution in [0.5, 0.6) is 5.75 Å². The molecule has 3 aromatic rings. The highest BCUT2D eigenvalue weighted by Gasteiger charge is 2.34. The fourth-order valence-electron chi connectivity index (χ4n) is 3.62. The van der Waals surface area contributed by atoms with Crippen molar-refractivity contribution in [3.63, 3.8) is 0 Å². The number of halogens is 1. The van der Waals surface area contributed by atoms with Gasteiger partial charge in [-0.15, -0.1) is 12.4 Å². The first-order valence-corrected chi connectivity index (χ1v) is 8.37. The van der Waals surface area contributed by atoms with Gasteiger partial charge >= 0.3 is 0 Å². The Bertz CT molecular complexity index is 1200. The van der Waals surface area contributed by atoms with Gasteiger partial charge in [-0.05, 0) is 25.1 Å². The molecule has 0 bridgehead atoms. The predicted molar refractivity (Wildman–Crippen MR) is 106 cm³/mol. The number of ketones is 1. The first kappa shape index (κ1) is 19.5. The van der Waals surface area contributed by atoms with Gasteiger partial charge in [0, 0.05) is 29.6 Å². The highest BCUT2D eigenvalue weighted by Crippen LogP contribution is 2.44. The van der Waals surface area contributed by atoms with Gasteiger partial charge in [0.05, 0.1) is 27.1 Å². The summed E-state index contributed by atoms with van der Waals surface area (Å²) in [5.74, 6) is -0.419. The summed E-state index contributed by atoms with van der Waals surface area (Å²) in [6, 6.07) is 8.48. The zero-order valence-electron chi connectivity index (χ0n) is 14.5. The van der Waals surface area contributed by atoms with Crippen LogP contribution in [-0.4, -0.2) is 26.9 Å². The van der Waals surface area contributed by atoms with Crippen molar-refractivity contribution in [2.24, 2.45) is 5.73 Å². The van der Waals surface area contributed by atoms with Crippen molar-refractivity contribution in [1.29, 1.82) is 0 Å². The number of benzene rings is 2. The zero-order chi connectivity index (χ0) is 19.3. The van der Waals surface area contributed by atoms with Crippen LogP contribution >= 0.6 is 12.4 Å². The Hall–Kier alpha value is -3.23. The Kier molecular flexibility index (Phi) is 4.93. The number of nitrogens with zero attached hydrogens (tertiary/aromatic N) is 2. The van der Waals surface area contributed by atoms with E-state index in [-0.39, 0.29) is 47.1 Å². The lowest BCUT2D eigenvalue weighted by atomic mass is 10.0. The van der Waals surface area contributed by atoms with Crippen LogP contribution in [0.15, 0.2) is 41.2 Å². The number of fused-ring (bicyclic) bond motifs is 5. The van der Waals surface area contributed by atoms with Crippen molar-refractivity contribution in [3.8, 4) is 17.0 Å². The summed E-state index contributed by atoms with van der Waals surface area (Å²) in [5.41, 5.74) is 6.13. The summed E-state index contributed by atoms with van der Waals surface area (Å²) in [4.78, 5) is 36.7. The van der Waals surface area contributed by atoms with Gasteiger partial charge in [-0.2, -0.15) is 0 Å². The van der Waals surface area contributed by atoms with Gasteiger partial charge in [-0.3, -0.25) is 19.7 Å². The predicted octanol–water partition coefficient (Wildman–Crippen LogP) is 2.60. The minimum absolute atomic E-state index is 0. The number of carbonyl (C=O) groups excluding carboxylic acids is 1. The van der Waals surface area contributed by atoms with E-state index in [0.717, 1.165) is 0 Å². The molecule has 0 atom stereocenters. The molecule has 0 spiro atoms. The van der Waals surface area contributed by atoms with Crippen LogP contribution < -0.4 is 11.3 Å². The molecule has 0 saturated heterocycles. The van der Waals surface area contributed by atoms with E-state index in [1.807, 2.05) is 0 Å².